The zero-order valence-corrected chi connectivity index (χ0v) is 14.2. The maximum atomic E-state index is 11.9. The summed E-state index contributed by atoms with van der Waals surface area (Å²) in [6.07, 6.45) is 8.08. The lowest BCUT2D eigenvalue weighted by Gasteiger charge is -2.29. The van der Waals surface area contributed by atoms with Gasteiger partial charge in [0.05, 0.1) is 0 Å². The number of nitrogens with zero attached hydrogens (tertiary/aromatic N) is 1. The van der Waals surface area contributed by atoms with Gasteiger partial charge in [-0.05, 0) is 40.2 Å². The molecule has 122 valence electrons. The molecule has 0 saturated carbocycles. The van der Waals surface area contributed by atoms with Crippen LogP contribution in [0.2, 0.25) is 0 Å². The minimum atomic E-state index is -0.416. The van der Waals surface area contributed by atoms with E-state index in [2.05, 4.69) is 18.3 Å². The first-order chi connectivity index (χ1) is 9.92. The third-order valence-electron chi connectivity index (χ3n) is 3.51. The second-order valence-electron chi connectivity index (χ2n) is 6.78. The van der Waals surface area contributed by atoms with Crippen LogP contribution in [0.15, 0.2) is 11.6 Å². The molecule has 0 aromatic heterocycles. The molecule has 0 bridgehead atoms. The third-order valence-corrected chi connectivity index (χ3v) is 3.51. The number of hydrogen-bond acceptors (Lipinski definition) is 3. The Hall–Kier alpha value is -1.03. The maximum absolute atomic E-state index is 11.9. The summed E-state index contributed by atoms with van der Waals surface area (Å²) in [6, 6.07) is 0. The zero-order chi connectivity index (χ0) is 15.7. The van der Waals surface area contributed by atoms with E-state index in [9.17, 15) is 4.79 Å². The summed E-state index contributed by atoms with van der Waals surface area (Å²) in [4.78, 5) is 13.7. The van der Waals surface area contributed by atoms with Crippen LogP contribution in [0.4, 0.5) is 4.79 Å². The van der Waals surface area contributed by atoms with Gasteiger partial charge in [-0.1, -0.05) is 37.8 Å². The SMILES string of the molecule is CCCCCCNCC1=CCN(C(=O)OC(C)(C)C)CC1. The molecular formula is C17H32N2O2. The second-order valence-corrected chi connectivity index (χ2v) is 6.78. The standard InChI is InChI=1S/C17H32N2O2/c1-5-6-7-8-11-18-14-15-9-12-19(13-10-15)16(20)21-17(2,3)4/h9,18H,5-8,10-14H2,1-4H3. The molecule has 1 heterocycles. The van der Waals surface area contributed by atoms with Gasteiger partial charge in [0.2, 0.25) is 0 Å². The number of rotatable bonds is 7. The molecule has 0 aromatic rings. The van der Waals surface area contributed by atoms with Crippen LogP contribution < -0.4 is 5.32 Å². The molecule has 1 aliphatic rings. The molecule has 4 nitrogen and oxygen atoms in total. The Morgan fingerprint density at radius 3 is 2.67 bits per heavy atom. The minimum Gasteiger partial charge on any atom is -0.444 e. The van der Waals surface area contributed by atoms with Gasteiger partial charge in [0, 0.05) is 19.6 Å². The third kappa shape index (κ3) is 8.10. The predicted octanol–water partition coefficient (Wildman–Crippen LogP) is 3.72. The topological polar surface area (TPSA) is 41.6 Å². The number of carbonyl (C=O) groups excluding carboxylic acids is 1. The first-order valence-corrected chi connectivity index (χ1v) is 8.29. The van der Waals surface area contributed by atoms with Crippen molar-refractivity contribution in [1.82, 2.24) is 10.2 Å². The van der Waals surface area contributed by atoms with Crippen molar-refractivity contribution in [3.8, 4) is 0 Å². The molecule has 4 heteroatoms. The Morgan fingerprint density at radius 1 is 1.33 bits per heavy atom. The molecule has 1 amide bonds. The summed E-state index contributed by atoms with van der Waals surface area (Å²) in [5, 5.41) is 3.49. The Bertz CT molecular complexity index is 345. The van der Waals surface area contributed by atoms with Gasteiger partial charge < -0.3 is 15.0 Å². The number of nitrogens with one attached hydrogen (secondary N) is 1. The lowest BCUT2D eigenvalue weighted by molar-refractivity contribution is 0.0265. The summed E-state index contributed by atoms with van der Waals surface area (Å²) in [6.45, 7) is 11.4. The first kappa shape index (κ1) is 18.0. The molecule has 0 aliphatic carbocycles. The molecule has 1 N–H and O–H groups in total. The lowest BCUT2D eigenvalue weighted by Crippen LogP contribution is -2.40. The number of ether oxygens (including phenoxy) is 1. The molecule has 0 unspecified atom stereocenters. The number of hydrogen-bond donors (Lipinski definition) is 1. The molecule has 0 fully saturated rings. The summed E-state index contributed by atoms with van der Waals surface area (Å²) in [7, 11) is 0. The number of carbonyl (C=O) groups is 1. The van der Waals surface area contributed by atoms with Crippen molar-refractivity contribution < 1.29 is 9.53 Å². The molecule has 0 aromatic carbocycles. The van der Waals surface area contributed by atoms with Gasteiger partial charge in [-0.2, -0.15) is 0 Å². The van der Waals surface area contributed by atoms with E-state index in [0.717, 1.165) is 26.1 Å². The van der Waals surface area contributed by atoms with Crippen LogP contribution in [0, 0.1) is 0 Å². The van der Waals surface area contributed by atoms with Crippen LogP contribution in [-0.4, -0.2) is 42.8 Å². The van der Waals surface area contributed by atoms with E-state index in [1.54, 1.807) is 4.90 Å². The van der Waals surface area contributed by atoms with Crippen LogP contribution in [-0.2, 0) is 4.74 Å². The highest BCUT2D eigenvalue weighted by molar-refractivity contribution is 5.68. The van der Waals surface area contributed by atoms with Gasteiger partial charge in [0.15, 0.2) is 0 Å². The Morgan fingerprint density at radius 2 is 2.10 bits per heavy atom. The van der Waals surface area contributed by atoms with Crippen molar-refractivity contribution in [2.75, 3.05) is 26.2 Å². The molecule has 0 saturated heterocycles. The summed E-state index contributed by atoms with van der Waals surface area (Å²) in [5.74, 6) is 0. The fraction of sp³-hybridized carbons (Fsp3) is 0.824. The van der Waals surface area contributed by atoms with Crippen molar-refractivity contribution in [1.29, 1.82) is 0 Å². The summed E-state index contributed by atoms with van der Waals surface area (Å²) in [5.41, 5.74) is 0.992. The highest BCUT2D eigenvalue weighted by Gasteiger charge is 2.23. The lowest BCUT2D eigenvalue weighted by atomic mass is 10.1. The van der Waals surface area contributed by atoms with Crippen molar-refractivity contribution in [3.05, 3.63) is 11.6 Å². The Kier molecular flexibility index (Phi) is 7.79. The van der Waals surface area contributed by atoms with E-state index in [1.807, 2.05) is 20.8 Å². The average molecular weight is 296 g/mol. The molecule has 0 atom stereocenters. The van der Waals surface area contributed by atoms with E-state index >= 15 is 0 Å². The zero-order valence-electron chi connectivity index (χ0n) is 14.2. The molecule has 21 heavy (non-hydrogen) atoms. The van der Waals surface area contributed by atoms with E-state index in [4.69, 9.17) is 4.74 Å². The van der Waals surface area contributed by atoms with Gasteiger partial charge in [-0.15, -0.1) is 0 Å². The second kappa shape index (κ2) is 9.08. The van der Waals surface area contributed by atoms with E-state index in [0.29, 0.717) is 6.54 Å². The molecular weight excluding hydrogens is 264 g/mol. The van der Waals surface area contributed by atoms with E-state index in [-0.39, 0.29) is 6.09 Å². The first-order valence-electron chi connectivity index (χ1n) is 8.29. The molecule has 1 aliphatic heterocycles. The largest absolute Gasteiger partial charge is 0.444 e. The van der Waals surface area contributed by atoms with Gasteiger partial charge in [-0.25, -0.2) is 4.79 Å². The Labute approximate surface area is 129 Å². The summed E-state index contributed by atoms with van der Waals surface area (Å²) < 4.78 is 5.39. The molecule has 0 radical (unpaired) electrons. The fourth-order valence-corrected chi connectivity index (χ4v) is 2.29. The van der Waals surface area contributed by atoms with Gasteiger partial charge in [-0.3, -0.25) is 0 Å². The predicted molar refractivity (Wildman–Crippen MR) is 87.5 cm³/mol. The van der Waals surface area contributed by atoms with Crippen molar-refractivity contribution in [2.45, 2.75) is 65.4 Å². The molecule has 0 spiro atoms. The molecule has 1 rings (SSSR count). The van der Waals surface area contributed by atoms with Crippen LogP contribution in [0.25, 0.3) is 0 Å². The van der Waals surface area contributed by atoms with Crippen LogP contribution in [0.3, 0.4) is 0 Å². The van der Waals surface area contributed by atoms with Crippen LogP contribution in [0.1, 0.15) is 59.8 Å². The van der Waals surface area contributed by atoms with Crippen molar-refractivity contribution in [2.24, 2.45) is 0 Å². The van der Waals surface area contributed by atoms with Crippen LogP contribution >= 0.6 is 0 Å². The maximum Gasteiger partial charge on any atom is 0.410 e. The highest BCUT2D eigenvalue weighted by Crippen LogP contribution is 2.15. The van der Waals surface area contributed by atoms with Crippen molar-refractivity contribution in [3.63, 3.8) is 0 Å². The smallest absolute Gasteiger partial charge is 0.410 e. The Balaban J connectivity index is 2.20. The van der Waals surface area contributed by atoms with Gasteiger partial charge in [0.1, 0.15) is 5.60 Å². The minimum absolute atomic E-state index is 0.203. The van der Waals surface area contributed by atoms with Crippen molar-refractivity contribution >= 4 is 6.09 Å². The van der Waals surface area contributed by atoms with E-state index in [1.165, 1.54) is 31.3 Å². The average Bonchev–Trinajstić information content (AvgIpc) is 2.41. The highest BCUT2D eigenvalue weighted by atomic mass is 16.6. The number of unbranched alkanes of at least 4 members (excludes halogenated alkanes) is 3. The number of amides is 1. The van der Waals surface area contributed by atoms with Gasteiger partial charge in [0.25, 0.3) is 0 Å². The monoisotopic (exact) mass is 296 g/mol. The van der Waals surface area contributed by atoms with Gasteiger partial charge >= 0.3 is 6.09 Å². The quantitative estimate of drug-likeness (QED) is 0.575. The van der Waals surface area contributed by atoms with Crippen LogP contribution in [0.5, 0.6) is 0 Å². The normalized spacial score (nSPS) is 15.8. The fourth-order valence-electron chi connectivity index (χ4n) is 2.29. The summed E-state index contributed by atoms with van der Waals surface area (Å²) >= 11 is 0. The van der Waals surface area contributed by atoms with E-state index < -0.39 is 5.60 Å².